The van der Waals surface area contributed by atoms with Crippen LogP contribution in [0, 0.1) is 13.8 Å². The second-order valence-corrected chi connectivity index (χ2v) is 5.19. The van der Waals surface area contributed by atoms with E-state index in [1.807, 2.05) is 26.0 Å². The summed E-state index contributed by atoms with van der Waals surface area (Å²) in [6.45, 7) is 3.83. The van der Waals surface area contributed by atoms with E-state index in [4.69, 9.17) is 16.0 Å². The van der Waals surface area contributed by atoms with Crippen LogP contribution in [0.15, 0.2) is 33.4 Å². The van der Waals surface area contributed by atoms with Gasteiger partial charge in [0.15, 0.2) is 4.67 Å². The van der Waals surface area contributed by atoms with Gasteiger partial charge in [-0.3, -0.25) is 0 Å². The lowest BCUT2D eigenvalue weighted by molar-refractivity contribution is 0.187. The topological polar surface area (TPSA) is 33.4 Å². The van der Waals surface area contributed by atoms with E-state index in [0.29, 0.717) is 15.5 Å². The molecule has 0 saturated carbocycles. The average Bonchev–Trinajstić information content (AvgIpc) is 2.69. The molecular formula is C13H12BrClO2. The van der Waals surface area contributed by atoms with Crippen molar-refractivity contribution in [1.82, 2.24) is 0 Å². The lowest BCUT2D eigenvalue weighted by Gasteiger charge is -2.13. The van der Waals surface area contributed by atoms with Crippen molar-refractivity contribution in [2.45, 2.75) is 20.0 Å². The molecule has 0 radical (unpaired) electrons. The van der Waals surface area contributed by atoms with E-state index in [9.17, 15) is 5.11 Å². The number of halogens is 2. The summed E-state index contributed by atoms with van der Waals surface area (Å²) >= 11 is 9.25. The third kappa shape index (κ3) is 2.57. The highest BCUT2D eigenvalue weighted by molar-refractivity contribution is 9.10. The van der Waals surface area contributed by atoms with Crippen molar-refractivity contribution in [1.29, 1.82) is 0 Å². The summed E-state index contributed by atoms with van der Waals surface area (Å²) < 4.78 is 5.96. The monoisotopic (exact) mass is 314 g/mol. The summed E-state index contributed by atoms with van der Waals surface area (Å²) in [6.07, 6.45) is -0.766. The second kappa shape index (κ2) is 4.84. The van der Waals surface area contributed by atoms with Gasteiger partial charge in [0.1, 0.15) is 11.9 Å². The van der Waals surface area contributed by atoms with Crippen molar-refractivity contribution in [3.05, 3.63) is 56.4 Å². The van der Waals surface area contributed by atoms with Gasteiger partial charge in [-0.15, -0.1) is 0 Å². The van der Waals surface area contributed by atoms with Gasteiger partial charge in [0.2, 0.25) is 0 Å². The van der Waals surface area contributed by atoms with Gasteiger partial charge < -0.3 is 9.52 Å². The molecule has 0 aliphatic heterocycles. The van der Waals surface area contributed by atoms with Gasteiger partial charge in [0, 0.05) is 5.02 Å². The Labute approximate surface area is 113 Å². The van der Waals surface area contributed by atoms with Crippen LogP contribution in [0.2, 0.25) is 5.02 Å². The Hall–Kier alpha value is -0.770. The van der Waals surface area contributed by atoms with Gasteiger partial charge in [0.05, 0.1) is 0 Å². The molecule has 2 aromatic rings. The van der Waals surface area contributed by atoms with E-state index in [1.165, 1.54) is 0 Å². The number of aliphatic hydroxyl groups excluding tert-OH is 1. The number of aryl methyl sites for hydroxylation is 2. The lowest BCUT2D eigenvalue weighted by atomic mass is 9.99. The molecule has 2 rings (SSSR count). The molecule has 4 heteroatoms. The zero-order valence-electron chi connectivity index (χ0n) is 9.50. The van der Waals surface area contributed by atoms with Gasteiger partial charge in [-0.2, -0.15) is 0 Å². The summed E-state index contributed by atoms with van der Waals surface area (Å²) in [4.78, 5) is 0. The van der Waals surface area contributed by atoms with Gasteiger partial charge in [-0.05, 0) is 64.7 Å². The first kappa shape index (κ1) is 12.7. The first-order valence-corrected chi connectivity index (χ1v) is 6.36. The van der Waals surface area contributed by atoms with Crippen LogP contribution in [0.25, 0.3) is 0 Å². The van der Waals surface area contributed by atoms with E-state index in [0.717, 1.165) is 16.7 Å². The van der Waals surface area contributed by atoms with E-state index < -0.39 is 6.10 Å². The molecular weight excluding hydrogens is 303 g/mol. The predicted octanol–water partition coefficient (Wildman–Crippen LogP) is 4.39. The van der Waals surface area contributed by atoms with Crippen LogP contribution in [-0.4, -0.2) is 5.11 Å². The maximum Gasteiger partial charge on any atom is 0.169 e. The highest BCUT2D eigenvalue weighted by atomic mass is 79.9. The molecule has 0 bridgehead atoms. The van der Waals surface area contributed by atoms with E-state index >= 15 is 0 Å². The normalized spacial score (nSPS) is 12.8. The number of furan rings is 1. The fourth-order valence-electron chi connectivity index (χ4n) is 1.73. The van der Waals surface area contributed by atoms with Gasteiger partial charge in [0.25, 0.3) is 0 Å². The molecule has 1 heterocycles. The van der Waals surface area contributed by atoms with Crippen molar-refractivity contribution in [2.24, 2.45) is 0 Å². The summed E-state index contributed by atoms with van der Waals surface area (Å²) in [6, 6.07) is 7.25. The summed E-state index contributed by atoms with van der Waals surface area (Å²) in [5.74, 6) is 0.515. The first-order valence-electron chi connectivity index (χ1n) is 5.19. The standard InChI is InChI=1S/C13H12BrClO2/c1-7-6-10(15)8(2)5-9(7)13(16)11-3-4-12(14)17-11/h3-6,13,16H,1-2H3. The van der Waals surface area contributed by atoms with Crippen LogP contribution in [0.1, 0.15) is 28.6 Å². The number of aliphatic hydroxyl groups is 1. The second-order valence-electron chi connectivity index (χ2n) is 4.00. The molecule has 1 unspecified atom stereocenters. The highest BCUT2D eigenvalue weighted by Gasteiger charge is 2.17. The SMILES string of the molecule is Cc1cc(C(O)c2ccc(Br)o2)c(C)cc1Cl. The Morgan fingerprint density at radius 2 is 1.94 bits per heavy atom. The number of hydrogen-bond acceptors (Lipinski definition) is 2. The number of hydrogen-bond donors (Lipinski definition) is 1. The Morgan fingerprint density at radius 3 is 2.53 bits per heavy atom. The van der Waals surface area contributed by atoms with Crippen molar-refractivity contribution in [3.8, 4) is 0 Å². The first-order chi connectivity index (χ1) is 7.99. The van der Waals surface area contributed by atoms with Crippen molar-refractivity contribution >= 4 is 27.5 Å². The minimum atomic E-state index is -0.766. The van der Waals surface area contributed by atoms with Crippen LogP contribution < -0.4 is 0 Å². The Balaban J connectivity index is 2.43. The number of rotatable bonds is 2. The van der Waals surface area contributed by atoms with E-state index in [2.05, 4.69) is 15.9 Å². The van der Waals surface area contributed by atoms with E-state index in [-0.39, 0.29) is 0 Å². The maximum absolute atomic E-state index is 10.2. The molecule has 90 valence electrons. The van der Waals surface area contributed by atoms with Crippen LogP contribution in [-0.2, 0) is 0 Å². The third-order valence-electron chi connectivity index (χ3n) is 2.71. The van der Waals surface area contributed by atoms with Crippen molar-refractivity contribution in [3.63, 3.8) is 0 Å². The molecule has 0 amide bonds. The Morgan fingerprint density at radius 1 is 1.24 bits per heavy atom. The largest absolute Gasteiger partial charge is 0.451 e. The van der Waals surface area contributed by atoms with Crippen LogP contribution >= 0.6 is 27.5 Å². The molecule has 1 atom stereocenters. The summed E-state index contributed by atoms with van der Waals surface area (Å²) in [5, 5.41) is 11.0. The van der Waals surface area contributed by atoms with Crippen LogP contribution in [0.4, 0.5) is 0 Å². The average molecular weight is 316 g/mol. The highest BCUT2D eigenvalue weighted by Crippen LogP contribution is 2.30. The quantitative estimate of drug-likeness (QED) is 0.891. The molecule has 0 saturated heterocycles. The zero-order valence-corrected chi connectivity index (χ0v) is 11.8. The minimum absolute atomic E-state index is 0.515. The zero-order chi connectivity index (χ0) is 12.6. The Bertz CT molecular complexity index is 548. The van der Waals surface area contributed by atoms with Gasteiger partial charge in [-0.25, -0.2) is 0 Å². The molecule has 0 aliphatic carbocycles. The molecule has 0 fully saturated rings. The van der Waals surface area contributed by atoms with Gasteiger partial charge in [-0.1, -0.05) is 17.7 Å². The van der Waals surface area contributed by atoms with E-state index in [1.54, 1.807) is 12.1 Å². The molecule has 0 spiro atoms. The molecule has 1 aromatic heterocycles. The minimum Gasteiger partial charge on any atom is -0.451 e. The third-order valence-corrected chi connectivity index (χ3v) is 3.54. The van der Waals surface area contributed by atoms with Crippen molar-refractivity contribution < 1.29 is 9.52 Å². The van der Waals surface area contributed by atoms with Crippen LogP contribution in [0.3, 0.4) is 0 Å². The molecule has 1 aromatic carbocycles. The lowest BCUT2D eigenvalue weighted by Crippen LogP contribution is -2.01. The Kier molecular flexibility index (Phi) is 3.61. The summed E-state index contributed by atoms with van der Waals surface area (Å²) in [7, 11) is 0. The number of benzene rings is 1. The predicted molar refractivity (Wildman–Crippen MR) is 71.4 cm³/mol. The molecule has 0 aliphatic rings. The molecule has 2 nitrogen and oxygen atoms in total. The molecule has 1 N–H and O–H groups in total. The fraction of sp³-hybridized carbons (Fsp3) is 0.231. The maximum atomic E-state index is 10.2. The fourth-order valence-corrected chi connectivity index (χ4v) is 2.26. The van der Waals surface area contributed by atoms with Crippen molar-refractivity contribution in [2.75, 3.05) is 0 Å². The van der Waals surface area contributed by atoms with Crippen LogP contribution in [0.5, 0.6) is 0 Å². The molecule has 17 heavy (non-hydrogen) atoms. The summed E-state index contributed by atoms with van der Waals surface area (Å²) in [5.41, 5.74) is 2.70. The smallest absolute Gasteiger partial charge is 0.169 e. The van der Waals surface area contributed by atoms with Gasteiger partial charge >= 0.3 is 0 Å².